The number of hydrogen-bond acceptors (Lipinski definition) is 5. The summed E-state index contributed by atoms with van der Waals surface area (Å²) < 4.78 is 28.2. The summed E-state index contributed by atoms with van der Waals surface area (Å²) in [4.78, 5) is 9.97. The summed E-state index contributed by atoms with van der Waals surface area (Å²) in [6.45, 7) is 2.75. The Morgan fingerprint density at radius 2 is 1.84 bits per heavy atom. The summed E-state index contributed by atoms with van der Waals surface area (Å²) in [5.41, 5.74) is 1.34. The number of aryl methyl sites for hydroxylation is 1. The molecule has 8 heteroatoms. The van der Waals surface area contributed by atoms with Crippen molar-refractivity contribution in [2.75, 3.05) is 23.7 Å². The first-order chi connectivity index (χ1) is 15.0. The minimum atomic E-state index is -3.52. The van der Waals surface area contributed by atoms with Crippen molar-refractivity contribution in [1.29, 1.82) is 0 Å². The number of rotatable bonds is 3. The number of fused-ring (bicyclic) bond motifs is 1. The molecule has 1 spiro atoms. The van der Waals surface area contributed by atoms with E-state index in [-0.39, 0.29) is 0 Å². The maximum absolute atomic E-state index is 13.3. The van der Waals surface area contributed by atoms with Crippen molar-refractivity contribution in [1.82, 2.24) is 9.29 Å². The van der Waals surface area contributed by atoms with Gasteiger partial charge >= 0.3 is 0 Å². The van der Waals surface area contributed by atoms with Crippen LogP contribution in [0.3, 0.4) is 0 Å². The molecule has 1 aromatic heterocycles. The number of nitrogens with one attached hydrogen (secondary N) is 2. The van der Waals surface area contributed by atoms with E-state index < -0.39 is 15.6 Å². The third-order valence-corrected chi connectivity index (χ3v) is 8.85. The van der Waals surface area contributed by atoms with Crippen molar-refractivity contribution in [3.05, 3.63) is 48.2 Å². The Labute approximate surface area is 184 Å². The highest BCUT2D eigenvalue weighted by Gasteiger charge is 2.45. The number of hydrogen-bond donors (Lipinski definition) is 2. The van der Waals surface area contributed by atoms with E-state index in [0.717, 1.165) is 35.7 Å². The van der Waals surface area contributed by atoms with Gasteiger partial charge in [0.05, 0.1) is 22.2 Å². The van der Waals surface area contributed by atoms with Gasteiger partial charge in [-0.3, -0.25) is 4.99 Å². The Morgan fingerprint density at radius 3 is 2.58 bits per heavy atom. The van der Waals surface area contributed by atoms with Crippen molar-refractivity contribution in [2.45, 2.75) is 61.9 Å². The maximum atomic E-state index is 13.3. The van der Waals surface area contributed by atoms with Gasteiger partial charge in [0.25, 0.3) is 0 Å². The molecule has 2 aliphatic heterocycles. The lowest BCUT2D eigenvalue weighted by Gasteiger charge is -2.46. The molecule has 0 atom stereocenters. The Kier molecular flexibility index (Phi) is 5.22. The van der Waals surface area contributed by atoms with Crippen LogP contribution in [0.2, 0.25) is 0 Å². The van der Waals surface area contributed by atoms with Gasteiger partial charge in [-0.15, -0.1) is 0 Å². The van der Waals surface area contributed by atoms with Crippen LogP contribution in [-0.4, -0.2) is 48.2 Å². The van der Waals surface area contributed by atoms with Crippen LogP contribution < -0.4 is 10.6 Å². The van der Waals surface area contributed by atoms with Gasteiger partial charge in [0.15, 0.2) is 5.82 Å². The molecule has 2 N–H and O–H groups in total. The van der Waals surface area contributed by atoms with Gasteiger partial charge in [-0.2, -0.15) is 4.31 Å². The maximum Gasteiger partial charge on any atom is 0.243 e. The molecule has 1 saturated carbocycles. The molecule has 5 rings (SSSR count). The summed E-state index contributed by atoms with van der Waals surface area (Å²) >= 11 is 0. The lowest BCUT2D eigenvalue weighted by atomic mass is 9.85. The van der Waals surface area contributed by atoms with Crippen molar-refractivity contribution in [3.8, 4) is 0 Å². The standard InChI is InChI=1S/C23H29N5O2S/c1-17-7-2-5-11-20(17)31(29,30)28-15-12-23(13-16-28)22(25-18-8-3-4-9-18)26-21-19(27-23)10-6-14-24-21/h2,5-7,10-11,14,18,27H,3-4,8-9,12-13,15-16H2,1H3,(H,24,25,26). The first-order valence-electron chi connectivity index (χ1n) is 11.1. The predicted molar refractivity (Wildman–Crippen MR) is 123 cm³/mol. The molecule has 3 aliphatic rings. The zero-order chi connectivity index (χ0) is 21.5. The van der Waals surface area contributed by atoms with Crippen LogP contribution >= 0.6 is 0 Å². The average molecular weight is 440 g/mol. The first kappa shape index (κ1) is 20.5. The Morgan fingerprint density at radius 1 is 1.10 bits per heavy atom. The third kappa shape index (κ3) is 3.72. The molecule has 0 unspecified atom stereocenters. The van der Waals surface area contributed by atoms with E-state index in [9.17, 15) is 8.42 Å². The number of piperidine rings is 1. The van der Waals surface area contributed by atoms with Crippen molar-refractivity contribution < 1.29 is 8.42 Å². The van der Waals surface area contributed by atoms with Crippen molar-refractivity contribution in [2.24, 2.45) is 4.99 Å². The van der Waals surface area contributed by atoms with E-state index in [1.807, 2.05) is 31.2 Å². The number of aromatic nitrogens is 1. The van der Waals surface area contributed by atoms with Gasteiger partial charge in [-0.05, 0) is 56.4 Å². The minimum absolute atomic E-state index is 0.333. The molecule has 7 nitrogen and oxygen atoms in total. The highest BCUT2D eigenvalue weighted by Crippen LogP contribution is 2.38. The Hall–Kier alpha value is -2.45. The Bertz CT molecular complexity index is 1100. The van der Waals surface area contributed by atoms with Crippen molar-refractivity contribution in [3.63, 3.8) is 0 Å². The molecule has 31 heavy (non-hydrogen) atoms. The second-order valence-electron chi connectivity index (χ2n) is 8.82. The van der Waals surface area contributed by atoms with E-state index in [0.29, 0.717) is 36.9 Å². The summed E-state index contributed by atoms with van der Waals surface area (Å²) in [5.74, 6) is 1.71. The smallest absolute Gasteiger partial charge is 0.243 e. The van der Waals surface area contributed by atoms with Gasteiger partial charge in [-0.25, -0.2) is 13.4 Å². The summed E-state index contributed by atoms with van der Waals surface area (Å²) in [5, 5.41) is 7.17. The second-order valence-corrected chi connectivity index (χ2v) is 10.7. The fraction of sp³-hybridized carbons (Fsp3) is 0.478. The molecule has 0 radical (unpaired) electrons. The zero-order valence-electron chi connectivity index (χ0n) is 17.8. The molecule has 1 aliphatic carbocycles. The normalized spacial score (nSPS) is 22.8. The fourth-order valence-corrected chi connectivity index (χ4v) is 6.65. The highest BCUT2D eigenvalue weighted by molar-refractivity contribution is 7.89. The molecule has 3 heterocycles. The minimum Gasteiger partial charge on any atom is -0.370 e. The van der Waals surface area contributed by atoms with Gasteiger partial charge in [0, 0.05) is 19.3 Å². The van der Waals surface area contributed by atoms with Crippen LogP contribution in [0.5, 0.6) is 0 Å². The molecular formula is C23H29N5O2S. The summed E-state index contributed by atoms with van der Waals surface area (Å²) in [6, 6.07) is 11.5. The second kappa shape index (κ2) is 7.91. The summed E-state index contributed by atoms with van der Waals surface area (Å²) in [6.07, 6.45) is 7.76. The number of pyridine rings is 1. The van der Waals surface area contributed by atoms with E-state index >= 15 is 0 Å². The largest absolute Gasteiger partial charge is 0.370 e. The first-order valence-corrected chi connectivity index (χ1v) is 12.6. The number of benzene rings is 1. The molecule has 0 bridgehead atoms. The molecule has 2 fully saturated rings. The topological polar surface area (TPSA) is 86.7 Å². The number of aliphatic imine (C=N–C) groups is 1. The molecule has 0 amide bonds. The van der Waals surface area contributed by atoms with E-state index in [1.165, 1.54) is 12.8 Å². The monoisotopic (exact) mass is 439 g/mol. The molecule has 1 saturated heterocycles. The van der Waals surface area contributed by atoms with E-state index in [4.69, 9.17) is 4.99 Å². The van der Waals surface area contributed by atoms with Crippen LogP contribution in [-0.2, 0) is 10.0 Å². The van der Waals surface area contributed by atoms with Gasteiger partial charge < -0.3 is 10.6 Å². The predicted octanol–water partition coefficient (Wildman–Crippen LogP) is 3.79. The number of sulfonamides is 1. The molecule has 1 aromatic carbocycles. The quantitative estimate of drug-likeness (QED) is 0.760. The van der Waals surface area contributed by atoms with Crippen molar-refractivity contribution >= 4 is 27.4 Å². The van der Waals surface area contributed by atoms with Gasteiger partial charge in [0.2, 0.25) is 10.0 Å². The highest BCUT2D eigenvalue weighted by atomic mass is 32.2. The molecule has 164 valence electrons. The lowest BCUT2D eigenvalue weighted by Crippen LogP contribution is -2.59. The van der Waals surface area contributed by atoms with Gasteiger partial charge in [0.1, 0.15) is 5.84 Å². The van der Waals surface area contributed by atoms with Crippen LogP contribution in [0.4, 0.5) is 11.5 Å². The Balaban J connectivity index is 1.43. The SMILES string of the molecule is Cc1ccccc1S(=O)(=O)N1CCC2(CC1)Nc1cccnc1NC2=NC1CCCC1. The molecular weight excluding hydrogens is 410 g/mol. The van der Waals surface area contributed by atoms with Gasteiger partial charge in [-0.1, -0.05) is 31.0 Å². The third-order valence-electron chi connectivity index (χ3n) is 6.80. The number of nitrogens with zero attached hydrogens (tertiary/aromatic N) is 3. The van der Waals surface area contributed by atoms with Crippen LogP contribution in [0.15, 0.2) is 52.5 Å². The number of amidine groups is 1. The van der Waals surface area contributed by atoms with E-state index in [1.54, 1.807) is 22.6 Å². The molecule has 2 aromatic rings. The van der Waals surface area contributed by atoms with Crippen LogP contribution in [0.25, 0.3) is 0 Å². The fourth-order valence-electron chi connectivity index (χ4n) is 4.98. The van der Waals surface area contributed by atoms with Crippen LogP contribution in [0.1, 0.15) is 44.1 Å². The lowest BCUT2D eigenvalue weighted by molar-refractivity contribution is 0.299. The van der Waals surface area contributed by atoms with E-state index in [2.05, 4.69) is 15.6 Å². The number of anilines is 2. The van der Waals surface area contributed by atoms with Crippen LogP contribution in [0, 0.1) is 6.92 Å². The summed E-state index contributed by atoms with van der Waals surface area (Å²) in [7, 11) is -3.52. The average Bonchev–Trinajstić information content (AvgIpc) is 3.28. The zero-order valence-corrected chi connectivity index (χ0v) is 18.7.